The fourth-order valence-corrected chi connectivity index (χ4v) is 10.3. The molecule has 0 radical (unpaired) electrons. The van der Waals surface area contributed by atoms with Gasteiger partial charge >= 0.3 is 5.97 Å². The van der Waals surface area contributed by atoms with Gasteiger partial charge in [-0.1, -0.05) is 84.0 Å². The van der Waals surface area contributed by atoms with Crippen molar-refractivity contribution in [1.82, 2.24) is 10.3 Å². The molecule has 5 aromatic rings. The molecule has 0 spiro atoms. The lowest BCUT2D eigenvalue weighted by Crippen LogP contribution is -2.75. The zero-order valence-electron chi connectivity index (χ0n) is 33.9. The molecule has 9 unspecified atom stereocenters. The minimum absolute atomic E-state index is 0.0116. The van der Waals surface area contributed by atoms with Crippen molar-refractivity contribution < 1.29 is 53.7 Å². The van der Waals surface area contributed by atoms with Crippen LogP contribution in [0.5, 0.6) is 11.5 Å². The van der Waals surface area contributed by atoms with Gasteiger partial charge in [0, 0.05) is 30.8 Å². The summed E-state index contributed by atoms with van der Waals surface area (Å²) in [4.78, 5) is 42.0. The van der Waals surface area contributed by atoms with Crippen molar-refractivity contribution in [3.63, 3.8) is 0 Å². The summed E-state index contributed by atoms with van der Waals surface area (Å²) in [5, 5.41) is 59.2. The van der Waals surface area contributed by atoms with Crippen LogP contribution in [0.1, 0.15) is 53.4 Å². The van der Waals surface area contributed by atoms with Crippen LogP contribution in [0.3, 0.4) is 0 Å². The lowest BCUT2D eigenvalue weighted by molar-refractivity contribution is -0.342. The molecule has 0 bridgehead atoms. The van der Waals surface area contributed by atoms with Crippen molar-refractivity contribution in [2.24, 2.45) is 17.6 Å². The topological polar surface area (TPSA) is 247 Å². The smallest absolute Gasteiger partial charge is 0.335 e. The lowest BCUT2D eigenvalue weighted by Gasteiger charge is -2.50. The zero-order valence-corrected chi connectivity index (χ0v) is 35.5. The average Bonchev–Trinajstić information content (AvgIpc) is 3.79. The van der Waals surface area contributed by atoms with Gasteiger partial charge in [0.05, 0.1) is 10.9 Å². The van der Waals surface area contributed by atoms with Crippen molar-refractivity contribution >= 4 is 50.5 Å². The van der Waals surface area contributed by atoms with Crippen LogP contribution in [0.15, 0.2) is 100 Å². The number of amides is 1. The number of carbonyl (C=O) groups excluding carboxylic acids is 1. The first-order valence-corrected chi connectivity index (χ1v) is 22.6. The molecule has 15 nitrogen and oxygen atoms in total. The third-order valence-corrected chi connectivity index (χ3v) is 13.7. The SMILES string of the molecule is CCc1ccccc1C=CCC(C)C1CNC(O)C2(O)C(Oc3ccc4c(=O)c(-c5ccc(O)cc5)c(C(N)=O)oc4c3)OC(C(=O)O)C(O)C2OCSSCC1c1cc[nH]c1. The van der Waals surface area contributed by atoms with Crippen molar-refractivity contribution in [2.75, 3.05) is 18.2 Å². The molecule has 7 rings (SSSR count). The predicted molar refractivity (Wildman–Crippen MR) is 235 cm³/mol. The number of nitrogens with one attached hydrogen (secondary N) is 2. The first-order chi connectivity index (χ1) is 29.8. The Labute approximate surface area is 364 Å². The monoisotopic (exact) mass is 887 g/mol. The number of H-pyrrole nitrogens is 1. The van der Waals surface area contributed by atoms with Gasteiger partial charge in [0.25, 0.3) is 5.91 Å². The number of carboxylic acids is 1. The van der Waals surface area contributed by atoms with E-state index in [1.54, 1.807) is 0 Å². The number of phenols is 1. The Kier molecular flexibility index (Phi) is 14.1. The van der Waals surface area contributed by atoms with Gasteiger partial charge in [-0.05, 0) is 83.2 Å². The summed E-state index contributed by atoms with van der Waals surface area (Å²) in [7, 11) is 2.83. The summed E-state index contributed by atoms with van der Waals surface area (Å²) < 4.78 is 23.8. The molecule has 9 N–H and O–H groups in total. The molecule has 0 saturated carbocycles. The first-order valence-electron chi connectivity index (χ1n) is 20.1. The van der Waals surface area contributed by atoms with Gasteiger partial charge in [-0.3, -0.25) is 14.9 Å². The standard InChI is InChI=1S/C45H49N3O12S2/c1-3-25-8-4-5-9-26(25)10-6-7-24(2)32-21-48-43(55)45(56)40(57-23-62-61-22-33(32)28-17-18-47-20-28)37(51)39(42(53)54)60-44(45)58-30-15-16-31-34(19-30)59-38(41(46)52)35(36(31)50)27-11-13-29(49)14-12-27/h4-6,8-20,24,32-33,37,39-40,43-44,47-49,51,55-56H,3,7,21-23H2,1-2H3,(H2,46,52)(H,53,54). The molecule has 2 aliphatic rings. The van der Waals surface area contributed by atoms with E-state index in [2.05, 4.69) is 48.4 Å². The molecule has 0 aliphatic carbocycles. The quantitative estimate of drug-likeness (QED) is 0.0793. The molecule has 2 aromatic heterocycles. The van der Waals surface area contributed by atoms with Gasteiger partial charge in [0.2, 0.25) is 17.5 Å². The second kappa shape index (κ2) is 19.5. The summed E-state index contributed by atoms with van der Waals surface area (Å²) in [6, 6.07) is 19.7. The number of carboxylic acid groups (broad SMARTS) is 1. The minimum Gasteiger partial charge on any atom is -0.508 e. The number of benzene rings is 3. The van der Waals surface area contributed by atoms with Gasteiger partial charge in [0.1, 0.15) is 41.5 Å². The minimum atomic E-state index is -2.66. The molecule has 1 amide bonds. The second-order valence-corrected chi connectivity index (χ2v) is 17.9. The number of phenolic OH excluding ortho intramolecular Hbond substituents is 1. The highest BCUT2D eigenvalue weighted by atomic mass is 33.1. The van der Waals surface area contributed by atoms with Crippen molar-refractivity contribution in [3.05, 3.63) is 124 Å². The number of aromatic hydroxyl groups is 1. The molecule has 2 aliphatic heterocycles. The molecule has 328 valence electrons. The highest BCUT2D eigenvalue weighted by molar-refractivity contribution is 8.76. The van der Waals surface area contributed by atoms with Crippen LogP contribution < -0.4 is 21.2 Å². The van der Waals surface area contributed by atoms with Crippen LogP contribution in [0.25, 0.3) is 28.2 Å². The molecular formula is C45H49N3O12S2. The number of hydrogen-bond acceptors (Lipinski definition) is 14. The van der Waals surface area contributed by atoms with E-state index >= 15 is 0 Å². The van der Waals surface area contributed by atoms with E-state index in [4.69, 9.17) is 24.4 Å². The molecule has 3 aromatic carbocycles. The highest BCUT2D eigenvalue weighted by Gasteiger charge is 2.63. The zero-order chi connectivity index (χ0) is 44.1. The third-order valence-electron chi connectivity index (χ3n) is 11.6. The molecule has 17 heteroatoms. The van der Waals surface area contributed by atoms with Crippen LogP contribution in [0.2, 0.25) is 0 Å². The maximum Gasteiger partial charge on any atom is 0.335 e. The number of aliphatic hydroxyl groups is 3. The van der Waals surface area contributed by atoms with Crippen LogP contribution in [0.4, 0.5) is 0 Å². The summed E-state index contributed by atoms with van der Waals surface area (Å²) >= 11 is 0. The van der Waals surface area contributed by atoms with E-state index in [1.807, 2.05) is 30.6 Å². The average molecular weight is 888 g/mol. The summed E-state index contributed by atoms with van der Waals surface area (Å²) in [5.74, 6) is -2.90. The van der Waals surface area contributed by atoms with E-state index in [1.165, 1.54) is 69.6 Å². The summed E-state index contributed by atoms with van der Waals surface area (Å²) in [6.07, 6.45) is 0.0198. The molecule has 2 saturated heterocycles. The van der Waals surface area contributed by atoms with Crippen molar-refractivity contribution in [1.29, 1.82) is 0 Å². The number of aliphatic hydroxyl groups excluding tert-OH is 2. The van der Waals surface area contributed by atoms with Gasteiger partial charge in [-0.2, -0.15) is 0 Å². The van der Waals surface area contributed by atoms with Crippen LogP contribution in [-0.4, -0.2) is 97.1 Å². The Balaban J connectivity index is 1.22. The van der Waals surface area contributed by atoms with E-state index in [-0.39, 0.29) is 63.8 Å². The Hall–Kier alpha value is -5.11. The second-order valence-electron chi connectivity index (χ2n) is 15.4. The molecular weight excluding hydrogens is 839 g/mol. The fourth-order valence-electron chi connectivity index (χ4n) is 8.21. The maximum atomic E-state index is 13.8. The number of aliphatic carboxylic acids is 1. The number of fused-ring (bicyclic) bond motifs is 2. The third kappa shape index (κ3) is 9.30. The largest absolute Gasteiger partial charge is 0.508 e. The summed E-state index contributed by atoms with van der Waals surface area (Å²) in [6.45, 7) is 4.40. The van der Waals surface area contributed by atoms with Gasteiger partial charge in [-0.25, -0.2) is 4.79 Å². The normalized spacial score (nSPS) is 26.6. The van der Waals surface area contributed by atoms with Crippen molar-refractivity contribution in [3.8, 4) is 22.6 Å². The molecule has 4 heterocycles. The number of allylic oxidation sites excluding steroid dienone is 1. The number of primary amides is 1. The molecule has 62 heavy (non-hydrogen) atoms. The van der Waals surface area contributed by atoms with E-state index in [0.29, 0.717) is 12.2 Å². The lowest BCUT2D eigenvalue weighted by atomic mass is 9.78. The highest BCUT2D eigenvalue weighted by Crippen LogP contribution is 2.42. The van der Waals surface area contributed by atoms with Gasteiger partial charge in [0.15, 0.2) is 11.7 Å². The number of nitrogens with two attached hydrogens (primary N) is 1. The van der Waals surface area contributed by atoms with E-state index in [9.17, 15) is 39.9 Å². The number of ether oxygens (including phenoxy) is 3. The summed E-state index contributed by atoms with van der Waals surface area (Å²) in [5.41, 5.74) is 5.77. The van der Waals surface area contributed by atoms with Crippen LogP contribution in [0, 0.1) is 11.8 Å². The fraction of sp³-hybridized carbons (Fsp3) is 0.356. The van der Waals surface area contributed by atoms with Crippen LogP contribution in [-0.2, 0) is 20.7 Å². The number of aromatic amines is 1. The number of carbonyl (C=O) groups is 2. The number of aryl methyl sites for hydroxylation is 1. The number of rotatable bonds is 11. The van der Waals surface area contributed by atoms with Crippen molar-refractivity contribution in [2.45, 2.75) is 69.0 Å². The van der Waals surface area contributed by atoms with Crippen LogP contribution >= 0.6 is 21.6 Å². The predicted octanol–water partition coefficient (Wildman–Crippen LogP) is 5.22. The molecule has 9 atom stereocenters. The Morgan fingerprint density at radius 2 is 1.85 bits per heavy atom. The maximum absolute atomic E-state index is 13.8. The van der Waals surface area contributed by atoms with Gasteiger partial charge in [-0.15, -0.1) is 0 Å². The Morgan fingerprint density at radius 3 is 2.56 bits per heavy atom. The Morgan fingerprint density at radius 1 is 1.08 bits per heavy atom. The van der Waals surface area contributed by atoms with E-state index in [0.717, 1.165) is 17.5 Å². The molecule has 2 fully saturated rings. The number of aromatic nitrogens is 1. The van der Waals surface area contributed by atoms with Gasteiger partial charge < -0.3 is 54.9 Å². The first kappa shape index (κ1) is 44.9. The number of hydrogen-bond donors (Lipinski definition) is 8. The van der Waals surface area contributed by atoms with E-state index < -0.39 is 59.5 Å². The Bertz CT molecular complexity index is 2450.